The van der Waals surface area contributed by atoms with Crippen LogP contribution in [0.15, 0.2) is 5.03 Å². The second-order valence-corrected chi connectivity index (χ2v) is 8.60. The number of aliphatic hydroxyl groups is 2. The fourth-order valence-corrected chi connectivity index (χ4v) is 5.28. The van der Waals surface area contributed by atoms with E-state index in [-0.39, 0.29) is 0 Å². The standard InChI is InChI=1S/C13H21N3S2.C4H6O6/c1-2-3-7-17-13-12(14-18-15-13)11-9-16-6-4-5-10(11)8-16;5-1(3(7)8)2(6)4(9)10/h10-11H,2-9H2,1H3;1-2,5-6H,(H,7,8)(H,9,10)/t10-,11-;1-,2-/m11/s1. The van der Waals surface area contributed by atoms with Crippen LogP contribution < -0.4 is 0 Å². The van der Waals surface area contributed by atoms with Gasteiger partial charge in [-0.05, 0) is 37.5 Å². The molecule has 9 nitrogen and oxygen atoms in total. The van der Waals surface area contributed by atoms with Crippen molar-refractivity contribution in [1.82, 2.24) is 13.6 Å². The molecule has 2 bridgehead atoms. The highest BCUT2D eigenvalue weighted by molar-refractivity contribution is 7.99. The van der Waals surface area contributed by atoms with Gasteiger partial charge in [0.25, 0.3) is 0 Å². The third-order valence-corrected chi connectivity index (χ3v) is 6.67. The highest BCUT2D eigenvalue weighted by Gasteiger charge is 2.38. The van der Waals surface area contributed by atoms with Gasteiger partial charge in [-0.2, -0.15) is 8.75 Å². The number of carboxylic acid groups (broad SMARTS) is 2. The summed E-state index contributed by atoms with van der Waals surface area (Å²) in [5, 5.41) is 33.8. The smallest absolute Gasteiger partial charge is 0.335 e. The Morgan fingerprint density at radius 1 is 1.21 bits per heavy atom. The number of fused-ring (bicyclic) bond motifs is 2. The maximum Gasteiger partial charge on any atom is 0.335 e. The molecule has 4 N–H and O–H groups in total. The minimum Gasteiger partial charge on any atom is -0.479 e. The molecule has 11 heteroatoms. The molecule has 28 heavy (non-hydrogen) atoms. The zero-order chi connectivity index (χ0) is 20.7. The first-order valence-electron chi connectivity index (χ1n) is 9.34. The van der Waals surface area contributed by atoms with Gasteiger partial charge in [-0.15, -0.1) is 11.8 Å². The van der Waals surface area contributed by atoms with Crippen LogP contribution in [0, 0.1) is 5.92 Å². The van der Waals surface area contributed by atoms with Crippen molar-refractivity contribution in [2.45, 2.75) is 55.8 Å². The van der Waals surface area contributed by atoms with E-state index in [0.29, 0.717) is 5.92 Å². The number of aliphatic hydroxyl groups excluding tert-OH is 2. The van der Waals surface area contributed by atoms with Crippen LogP contribution in [0.3, 0.4) is 0 Å². The summed E-state index contributed by atoms with van der Waals surface area (Å²) in [4.78, 5) is 22.2. The molecule has 0 saturated carbocycles. The first-order chi connectivity index (χ1) is 13.3. The topological polar surface area (TPSA) is 144 Å². The zero-order valence-electron chi connectivity index (χ0n) is 15.7. The van der Waals surface area contributed by atoms with Crippen molar-refractivity contribution in [3.05, 3.63) is 5.69 Å². The van der Waals surface area contributed by atoms with Gasteiger partial charge < -0.3 is 25.3 Å². The molecule has 5 atom stereocenters. The highest BCUT2D eigenvalue weighted by Crippen LogP contribution is 2.41. The number of carboxylic acids is 2. The van der Waals surface area contributed by atoms with Gasteiger partial charge in [0.1, 0.15) is 5.03 Å². The predicted molar refractivity (Wildman–Crippen MR) is 105 cm³/mol. The molecule has 2 aliphatic rings. The van der Waals surface area contributed by atoms with E-state index in [1.54, 1.807) is 0 Å². The zero-order valence-corrected chi connectivity index (χ0v) is 17.4. The summed E-state index contributed by atoms with van der Waals surface area (Å²) in [5.74, 6) is -0.843. The third kappa shape index (κ3) is 6.11. The monoisotopic (exact) mass is 433 g/mol. The number of aromatic nitrogens is 2. The van der Waals surface area contributed by atoms with E-state index in [1.807, 2.05) is 11.8 Å². The van der Waals surface area contributed by atoms with Crippen LogP contribution in [-0.2, 0) is 9.59 Å². The van der Waals surface area contributed by atoms with Gasteiger partial charge in [0.15, 0.2) is 12.2 Å². The van der Waals surface area contributed by atoms with E-state index in [0.717, 1.165) is 5.92 Å². The summed E-state index contributed by atoms with van der Waals surface area (Å²) < 4.78 is 9.14. The molecule has 158 valence electrons. The Bertz CT molecular complexity index is 641. The van der Waals surface area contributed by atoms with E-state index in [2.05, 4.69) is 20.6 Å². The maximum absolute atomic E-state index is 9.77. The average Bonchev–Trinajstić information content (AvgIpc) is 3.24. The number of thioether (sulfide) groups is 1. The molecule has 2 saturated heterocycles. The molecule has 3 rings (SSSR count). The largest absolute Gasteiger partial charge is 0.479 e. The van der Waals surface area contributed by atoms with Crippen LogP contribution in [0.2, 0.25) is 0 Å². The lowest BCUT2D eigenvalue weighted by Crippen LogP contribution is -2.39. The average molecular weight is 434 g/mol. The Kier molecular flexibility index (Phi) is 9.09. The number of aliphatic carboxylic acids is 2. The predicted octanol–water partition coefficient (Wildman–Crippen LogP) is 1.12. The van der Waals surface area contributed by atoms with Gasteiger partial charge >= 0.3 is 11.9 Å². The lowest BCUT2D eigenvalue weighted by molar-refractivity contribution is -0.165. The summed E-state index contributed by atoms with van der Waals surface area (Å²) in [6, 6.07) is 0. The Morgan fingerprint density at radius 2 is 1.89 bits per heavy atom. The van der Waals surface area contributed by atoms with Crippen molar-refractivity contribution in [1.29, 1.82) is 0 Å². The summed E-state index contributed by atoms with van der Waals surface area (Å²) in [6.07, 6.45) is 0.770. The molecule has 0 amide bonds. The minimum atomic E-state index is -2.27. The van der Waals surface area contributed by atoms with Crippen LogP contribution in [0.4, 0.5) is 0 Å². The van der Waals surface area contributed by atoms with Crippen molar-refractivity contribution in [2.75, 3.05) is 25.4 Å². The molecule has 2 fully saturated rings. The molecular formula is C17H27N3O6S2. The normalized spacial score (nSPS) is 25.5. The highest BCUT2D eigenvalue weighted by atomic mass is 32.2. The third-order valence-electron chi connectivity index (χ3n) is 4.94. The van der Waals surface area contributed by atoms with Crippen molar-refractivity contribution >= 4 is 35.4 Å². The quantitative estimate of drug-likeness (QED) is 0.348. The number of rotatable bonds is 8. The van der Waals surface area contributed by atoms with E-state index in [4.69, 9.17) is 20.4 Å². The van der Waals surface area contributed by atoms with Crippen LogP contribution in [-0.4, -0.2) is 83.6 Å². The Labute approximate surface area is 172 Å². The van der Waals surface area contributed by atoms with Gasteiger partial charge in [-0.3, -0.25) is 0 Å². The van der Waals surface area contributed by atoms with Crippen LogP contribution in [0.5, 0.6) is 0 Å². The van der Waals surface area contributed by atoms with Crippen molar-refractivity contribution in [3.63, 3.8) is 0 Å². The number of unbranched alkanes of at least 4 members (excludes halogenated alkanes) is 1. The van der Waals surface area contributed by atoms with Gasteiger partial charge in [-0.25, -0.2) is 9.59 Å². The van der Waals surface area contributed by atoms with Gasteiger partial charge in [-0.1, -0.05) is 13.3 Å². The van der Waals surface area contributed by atoms with Crippen molar-refractivity contribution in [3.8, 4) is 0 Å². The maximum atomic E-state index is 9.77. The van der Waals surface area contributed by atoms with Crippen LogP contribution in [0.1, 0.15) is 44.2 Å². The molecule has 1 unspecified atom stereocenters. The molecular weight excluding hydrogens is 406 g/mol. The molecule has 0 radical (unpaired) electrons. The molecule has 0 spiro atoms. The lowest BCUT2D eigenvalue weighted by Gasteiger charge is -2.21. The lowest BCUT2D eigenvalue weighted by atomic mass is 9.89. The summed E-state index contributed by atoms with van der Waals surface area (Å²) in [7, 11) is 0. The number of hydrogen-bond acceptors (Lipinski definition) is 9. The number of hydrogen-bond donors (Lipinski definition) is 4. The number of nitrogens with zero attached hydrogens (tertiary/aromatic N) is 3. The second-order valence-electron chi connectivity index (χ2n) is 6.99. The van der Waals surface area contributed by atoms with Gasteiger partial charge in [0, 0.05) is 19.0 Å². The summed E-state index contributed by atoms with van der Waals surface area (Å²) in [5.41, 5.74) is 1.32. The van der Waals surface area contributed by atoms with Crippen LogP contribution in [0.25, 0.3) is 0 Å². The van der Waals surface area contributed by atoms with E-state index in [1.165, 1.54) is 73.5 Å². The van der Waals surface area contributed by atoms with Crippen molar-refractivity contribution < 1.29 is 30.0 Å². The van der Waals surface area contributed by atoms with Gasteiger partial charge in [0.2, 0.25) is 0 Å². The number of carbonyl (C=O) groups is 2. The fraction of sp³-hybridized carbons (Fsp3) is 0.765. The molecule has 2 aliphatic heterocycles. The SMILES string of the molecule is CCCCSc1nsnc1[C@@H]1CN2CCC[C@@H]1C2.O=C(O)[C@H](O)[C@@H](O)C(=O)O. The molecule has 0 aliphatic carbocycles. The van der Waals surface area contributed by atoms with Crippen LogP contribution >= 0.6 is 23.5 Å². The van der Waals surface area contributed by atoms with E-state index in [9.17, 15) is 9.59 Å². The Hall–Kier alpha value is -1.27. The summed E-state index contributed by atoms with van der Waals surface area (Å²) >= 11 is 3.32. The first-order valence-corrected chi connectivity index (χ1v) is 11.1. The first kappa shape index (κ1) is 23.0. The number of piperidine rings is 1. The minimum absolute atomic E-state index is 0.662. The second kappa shape index (κ2) is 11.1. The molecule has 1 aromatic rings. The fourth-order valence-electron chi connectivity index (χ4n) is 3.42. The molecule has 0 aromatic carbocycles. The van der Waals surface area contributed by atoms with E-state index < -0.39 is 24.1 Å². The summed E-state index contributed by atoms with van der Waals surface area (Å²) in [6.45, 7) is 6.05. The Balaban J connectivity index is 0.000000242. The van der Waals surface area contributed by atoms with Gasteiger partial charge in [0.05, 0.1) is 17.4 Å². The van der Waals surface area contributed by atoms with Crippen molar-refractivity contribution in [2.24, 2.45) is 5.92 Å². The molecule has 1 aromatic heterocycles. The Morgan fingerprint density at radius 3 is 2.46 bits per heavy atom. The van der Waals surface area contributed by atoms with E-state index >= 15 is 0 Å². The molecule has 3 heterocycles.